The lowest BCUT2D eigenvalue weighted by molar-refractivity contribution is 0.415. The molecule has 0 radical (unpaired) electrons. The number of para-hydroxylation sites is 1. The second-order valence-electron chi connectivity index (χ2n) is 8.44. The molecule has 0 aliphatic rings. The van der Waals surface area contributed by atoms with Crippen LogP contribution in [0.15, 0.2) is 102 Å². The Morgan fingerprint density at radius 3 is 2.09 bits per heavy atom. The highest BCUT2D eigenvalue weighted by Gasteiger charge is 2.17. The van der Waals surface area contributed by atoms with Gasteiger partial charge in [0.1, 0.15) is 11.3 Å². The summed E-state index contributed by atoms with van der Waals surface area (Å²) < 4.78 is 7.30. The first kappa shape index (κ1) is 22.3. The molecule has 0 aliphatic carbocycles. The predicted molar refractivity (Wildman–Crippen MR) is 143 cm³/mol. The van der Waals surface area contributed by atoms with E-state index in [9.17, 15) is 0 Å². The third kappa shape index (κ3) is 4.75. The van der Waals surface area contributed by atoms with Gasteiger partial charge in [0, 0.05) is 17.4 Å². The summed E-state index contributed by atoms with van der Waals surface area (Å²) in [6.45, 7) is 4.16. The maximum atomic E-state index is 5.41. The van der Waals surface area contributed by atoms with Gasteiger partial charge in [0.25, 0.3) is 0 Å². The van der Waals surface area contributed by atoms with Crippen molar-refractivity contribution in [2.45, 2.75) is 13.8 Å². The molecule has 5 heteroatoms. The molecule has 0 fully saturated rings. The zero-order chi connectivity index (χ0) is 24.2. The molecule has 4 aromatic carbocycles. The minimum Gasteiger partial charge on any atom is -0.497 e. The Kier molecular flexibility index (Phi) is 6.22. The van der Waals surface area contributed by atoms with E-state index < -0.39 is 0 Å². The first-order chi connectivity index (χ1) is 17.1. The highest BCUT2D eigenvalue weighted by Crippen LogP contribution is 2.31. The number of aliphatic imine (C=N–C) groups is 1. The van der Waals surface area contributed by atoms with Crippen molar-refractivity contribution in [3.8, 4) is 5.75 Å². The number of rotatable bonds is 6. The minimum absolute atomic E-state index is 0.793. The van der Waals surface area contributed by atoms with Crippen LogP contribution < -0.4 is 4.74 Å². The first-order valence-corrected chi connectivity index (χ1v) is 11.5. The van der Waals surface area contributed by atoms with Crippen LogP contribution in [-0.4, -0.2) is 28.3 Å². The van der Waals surface area contributed by atoms with Gasteiger partial charge >= 0.3 is 0 Å². The monoisotopic (exact) mass is 458 g/mol. The Bertz CT molecular complexity index is 1510. The van der Waals surface area contributed by atoms with Crippen LogP contribution in [0.5, 0.6) is 5.75 Å². The number of methoxy groups -OCH3 is 1. The fraction of sp³-hybridized carbons (Fsp3) is 0.100. The molecular weight excluding hydrogens is 432 g/mol. The van der Waals surface area contributed by atoms with Crippen molar-refractivity contribution >= 4 is 34.2 Å². The minimum atomic E-state index is 0.793. The number of allylic oxidation sites excluding steroid dienone is 1. The molecule has 35 heavy (non-hydrogen) atoms. The second kappa shape index (κ2) is 9.77. The third-order valence-corrected chi connectivity index (χ3v) is 5.92. The molecule has 0 N–H and O–H groups in total. The number of fused-ring (bicyclic) bond motifs is 1. The summed E-state index contributed by atoms with van der Waals surface area (Å²) in [4.78, 5) is 4.85. The van der Waals surface area contributed by atoms with Crippen LogP contribution >= 0.6 is 0 Å². The van der Waals surface area contributed by atoms with E-state index in [1.54, 1.807) is 7.11 Å². The van der Waals surface area contributed by atoms with E-state index >= 15 is 0 Å². The molecule has 0 spiro atoms. The van der Waals surface area contributed by atoms with Gasteiger partial charge in [-0.1, -0.05) is 64.9 Å². The van der Waals surface area contributed by atoms with Crippen LogP contribution in [0.1, 0.15) is 22.3 Å². The number of hydrogen-bond donors (Lipinski definition) is 0. The van der Waals surface area contributed by atoms with Gasteiger partial charge in [-0.2, -0.15) is 0 Å². The quantitative estimate of drug-likeness (QED) is 0.206. The van der Waals surface area contributed by atoms with Crippen molar-refractivity contribution < 1.29 is 4.74 Å². The van der Waals surface area contributed by atoms with Gasteiger partial charge in [0.15, 0.2) is 0 Å². The van der Waals surface area contributed by atoms with Gasteiger partial charge in [-0.15, -0.1) is 5.10 Å². The highest BCUT2D eigenvalue weighted by molar-refractivity contribution is 6.20. The Labute approximate surface area is 205 Å². The number of hydrogen-bond acceptors (Lipinski definition) is 4. The van der Waals surface area contributed by atoms with Crippen LogP contribution in [0.2, 0.25) is 0 Å². The maximum absolute atomic E-state index is 5.41. The summed E-state index contributed by atoms with van der Waals surface area (Å²) in [5, 5.41) is 8.99. The van der Waals surface area contributed by atoms with Gasteiger partial charge in [0.2, 0.25) is 0 Å². The van der Waals surface area contributed by atoms with Crippen LogP contribution in [0.3, 0.4) is 0 Å². The molecule has 0 amide bonds. The zero-order valence-electron chi connectivity index (χ0n) is 20.0. The summed E-state index contributed by atoms with van der Waals surface area (Å²) in [7, 11) is 1.67. The molecule has 5 nitrogen and oxygen atoms in total. The standard InChI is InChI=1S/C30H26N4O/c1-21-8-12-23(13-9-21)27(20-31-25-16-10-22(2)11-17-25)30(24-14-18-26(35-3)19-15-24)34-29-7-5-4-6-28(29)32-33-34/h4-20H,1-3H3/b30-27-,31-20?. The molecule has 5 aromatic rings. The van der Waals surface area contributed by atoms with Gasteiger partial charge in [-0.05, 0) is 67.9 Å². The molecule has 5 rings (SSSR count). The van der Waals surface area contributed by atoms with Gasteiger partial charge in [-0.3, -0.25) is 4.99 Å². The molecule has 0 bridgehead atoms. The molecule has 1 aromatic heterocycles. The van der Waals surface area contributed by atoms with Crippen molar-refractivity contribution in [1.29, 1.82) is 0 Å². The average molecular weight is 459 g/mol. The lowest BCUT2D eigenvalue weighted by atomic mass is 9.99. The third-order valence-electron chi connectivity index (χ3n) is 5.92. The summed E-state index contributed by atoms with van der Waals surface area (Å²) in [6, 6.07) is 32.6. The molecule has 0 saturated heterocycles. The molecule has 0 aliphatic heterocycles. The Hall–Kier alpha value is -4.51. The van der Waals surface area contributed by atoms with Crippen LogP contribution in [0.4, 0.5) is 5.69 Å². The number of nitrogens with zero attached hydrogens (tertiary/aromatic N) is 4. The molecular formula is C30H26N4O. The lowest BCUT2D eigenvalue weighted by Gasteiger charge is -2.15. The molecule has 172 valence electrons. The average Bonchev–Trinajstić information content (AvgIpc) is 3.32. The smallest absolute Gasteiger partial charge is 0.118 e. The van der Waals surface area contributed by atoms with Crippen molar-refractivity contribution in [1.82, 2.24) is 15.0 Å². The first-order valence-electron chi connectivity index (χ1n) is 11.5. The fourth-order valence-corrected chi connectivity index (χ4v) is 3.95. The highest BCUT2D eigenvalue weighted by atomic mass is 16.5. The summed E-state index contributed by atoms with van der Waals surface area (Å²) in [5.74, 6) is 0.793. The summed E-state index contributed by atoms with van der Waals surface area (Å²) in [6.07, 6.45) is 1.92. The molecule has 0 atom stereocenters. The largest absolute Gasteiger partial charge is 0.497 e. The van der Waals surface area contributed by atoms with Crippen LogP contribution in [0, 0.1) is 13.8 Å². The molecule has 0 saturated carbocycles. The van der Waals surface area contributed by atoms with Crippen LogP contribution in [-0.2, 0) is 0 Å². The number of aryl methyl sites for hydroxylation is 2. The van der Waals surface area contributed by atoms with E-state index in [-0.39, 0.29) is 0 Å². The maximum Gasteiger partial charge on any atom is 0.118 e. The second-order valence-corrected chi connectivity index (χ2v) is 8.44. The topological polar surface area (TPSA) is 52.3 Å². The zero-order valence-corrected chi connectivity index (χ0v) is 20.0. The number of aromatic nitrogens is 3. The SMILES string of the molecule is COc1ccc(/C(=C(\C=Nc2ccc(C)cc2)c2ccc(C)cc2)n2nnc3ccccc32)cc1. The van der Waals surface area contributed by atoms with Crippen molar-refractivity contribution in [3.05, 3.63) is 119 Å². The van der Waals surface area contributed by atoms with E-state index in [2.05, 4.69) is 60.6 Å². The van der Waals surface area contributed by atoms with Gasteiger partial charge in [-0.25, -0.2) is 4.68 Å². The lowest BCUT2D eigenvalue weighted by Crippen LogP contribution is -2.06. The van der Waals surface area contributed by atoms with Crippen molar-refractivity contribution in [2.75, 3.05) is 7.11 Å². The predicted octanol–water partition coefficient (Wildman–Crippen LogP) is 6.88. The molecule has 1 heterocycles. The number of ether oxygens (including phenoxy) is 1. The van der Waals surface area contributed by atoms with E-state index in [0.29, 0.717) is 0 Å². The molecule has 0 unspecified atom stereocenters. The Morgan fingerprint density at radius 2 is 1.40 bits per heavy atom. The van der Waals surface area contributed by atoms with E-state index in [0.717, 1.165) is 44.9 Å². The van der Waals surface area contributed by atoms with E-state index in [1.807, 2.05) is 71.6 Å². The fourth-order valence-electron chi connectivity index (χ4n) is 3.95. The van der Waals surface area contributed by atoms with Gasteiger partial charge < -0.3 is 4.74 Å². The van der Waals surface area contributed by atoms with E-state index in [1.165, 1.54) is 11.1 Å². The van der Waals surface area contributed by atoms with E-state index in [4.69, 9.17) is 9.73 Å². The summed E-state index contributed by atoms with van der Waals surface area (Å²) >= 11 is 0. The Morgan fingerprint density at radius 1 is 0.771 bits per heavy atom. The van der Waals surface area contributed by atoms with Gasteiger partial charge in [0.05, 0.1) is 24.0 Å². The number of benzene rings is 4. The van der Waals surface area contributed by atoms with Crippen molar-refractivity contribution in [2.24, 2.45) is 4.99 Å². The normalized spacial score (nSPS) is 12.2. The summed E-state index contributed by atoms with van der Waals surface area (Å²) in [5.41, 5.74) is 8.88. The van der Waals surface area contributed by atoms with Crippen LogP contribution in [0.25, 0.3) is 22.3 Å². The Balaban J connectivity index is 1.79. The van der Waals surface area contributed by atoms with Crippen molar-refractivity contribution in [3.63, 3.8) is 0 Å².